The Labute approximate surface area is 140 Å². The van der Waals surface area contributed by atoms with Crippen molar-refractivity contribution in [3.63, 3.8) is 0 Å². The molecule has 0 saturated carbocycles. The van der Waals surface area contributed by atoms with E-state index in [1.807, 2.05) is 0 Å². The number of aliphatic hydroxyl groups excluding tert-OH is 1. The van der Waals surface area contributed by atoms with Crippen LogP contribution in [0.4, 0.5) is 0 Å². The molecule has 1 aliphatic heterocycles. The fourth-order valence-corrected chi connectivity index (χ4v) is 2.86. The molecule has 0 bridgehead atoms. The number of carbonyl (C=O) groups excluding carboxylic acids is 3. The molecular weight excluding hydrogens is 314 g/mol. The lowest BCUT2D eigenvalue weighted by Gasteiger charge is -2.27. The van der Waals surface area contributed by atoms with Gasteiger partial charge in [-0.1, -0.05) is 0 Å². The van der Waals surface area contributed by atoms with Crippen LogP contribution in [0.3, 0.4) is 0 Å². The van der Waals surface area contributed by atoms with E-state index in [4.69, 9.17) is 9.47 Å². The molecule has 7 nitrogen and oxygen atoms in total. The van der Waals surface area contributed by atoms with Crippen LogP contribution >= 0.6 is 0 Å². The monoisotopic (exact) mass is 335 g/mol. The summed E-state index contributed by atoms with van der Waals surface area (Å²) in [6.45, 7) is 4.67. The molecule has 0 radical (unpaired) electrons. The first-order valence-electron chi connectivity index (χ1n) is 7.79. The Morgan fingerprint density at radius 2 is 1.67 bits per heavy atom. The molecule has 1 saturated heterocycles. The second-order valence-corrected chi connectivity index (χ2v) is 5.83. The Morgan fingerprint density at radius 3 is 2.12 bits per heavy atom. The van der Waals surface area contributed by atoms with E-state index in [0.29, 0.717) is 6.54 Å². The smallest absolute Gasteiger partial charge is 0.308 e. The van der Waals surface area contributed by atoms with Crippen LogP contribution in [0, 0.1) is 0 Å². The lowest BCUT2D eigenvalue weighted by atomic mass is 10.1. The van der Waals surface area contributed by atoms with Gasteiger partial charge in [-0.05, 0) is 31.9 Å². The lowest BCUT2D eigenvalue weighted by Crippen LogP contribution is -2.41. The zero-order valence-electron chi connectivity index (χ0n) is 13.9. The largest absolute Gasteiger partial charge is 0.427 e. The Bertz CT molecular complexity index is 620. The molecule has 0 spiro atoms. The maximum Gasteiger partial charge on any atom is 0.308 e. The summed E-state index contributed by atoms with van der Waals surface area (Å²) in [6.07, 6.45) is 0.895. The highest BCUT2D eigenvalue weighted by atomic mass is 16.5. The van der Waals surface area contributed by atoms with Crippen LogP contribution in [0.2, 0.25) is 0 Å². The third-order valence-electron chi connectivity index (χ3n) is 3.77. The van der Waals surface area contributed by atoms with Crippen LogP contribution in [-0.4, -0.2) is 46.5 Å². The number of nitrogens with zero attached hydrogens (tertiary/aromatic N) is 1. The molecule has 1 aromatic rings. The second kappa shape index (κ2) is 7.44. The molecule has 24 heavy (non-hydrogen) atoms. The van der Waals surface area contributed by atoms with E-state index in [1.165, 1.54) is 32.0 Å². The molecule has 1 aliphatic rings. The Morgan fingerprint density at radius 1 is 1.12 bits per heavy atom. The SMILES string of the molecule is CC(=O)Oc1cc(OC(C)=O)cc(C(=O)N2CCCC2C(C)O)c1. The van der Waals surface area contributed by atoms with Gasteiger partial charge in [0.1, 0.15) is 11.5 Å². The van der Waals surface area contributed by atoms with Crippen molar-refractivity contribution in [3.8, 4) is 11.5 Å². The van der Waals surface area contributed by atoms with Crippen LogP contribution in [-0.2, 0) is 9.59 Å². The number of ether oxygens (including phenoxy) is 2. The zero-order chi connectivity index (χ0) is 17.9. The quantitative estimate of drug-likeness (QED) is 0.662. The highest BCUT2D eigenvalue weighted by Crippen LogP contribution is 2.28. The average Bonchev–Trinajstić information content (AvgIpc) is 2.94. The van der Waals surface area contributed by atoms with Crippen molar-refractivity contribution in [2.45, 2.75) is 45.8 Å². The number of likely N-dealkylation sites (tertiary alicyclic amines) is 1. The van der Waals surface area contributed by atoms with E-state index >= 15 is 0 Å². The molecule has 130 valence electrons. The Balaban J connectivity index is 2.34. The Kier molecular flexibility index (Phi) is 5.56. The number of hydrogen-bond acceptors (Lipinski definition) is 6. The summed E-state index contributed by atoms with van der Waals surface area (Å²) in [5.41, 5.74) is 0.234. The molecule has 1 heterocycles. The van der Waals surface area contributed by atoms with Crippen LogP contribution in [0.15, 0.2) is 18.2 Å². The molecule has 0 aliphatic carbocycles. The topological polar surface area (TPSA) is 93.1 Å². The summed E-state index contributed by atoms with van der Waals surface area (Å²) in [5, 5.41) is 9.83. The molecule has 2 unspecified atom stereocenters. The molecule has 2 rings (SSSR count). The number of aliphatic hydroxyl groups is 1. The average molecular weight is 335 g/mol. The van der Waals surface area contributed by atoms with Gasteiger partial charge >= 0.3 is 11.9 Å². The van der Waals surface area contributed by atoms with Crippen molar-refractivity contribution in [3.05, 3.63) is 23.8 Å². The van der Waals surface area contributed by atoms with Gasteiger partial charge in [-0.15, -0.1) is 0 Å². The number of esters is 2. The number of amides is 1. The fourth-order valence-electron chi connectivity index (χ4n) is 2.86. The molecule has 1 N–H and O–H groups in total. The second-order valence-electron chi connectivity index (χ2n) is 5.83. The van der Waals surface area contributed by atoms with E-state index in [1.54, 1.807) is 11.8 Å². The van der Waals surface area contributed by atoms with E-state index in [9.17, 15) is 19.5 Å². The van der Waals surface area contributed by atoms with Gasteiger partial charge in [-0.25, -0.2) is 0 Å². The fraction of sp³-hybridized carbons (Fsp3) is 0.471. The molecule has 1 aromatic carbocycles. The minimum absolute atomic E-state index is 0.123. The van der Waals surface area contributed by atoms with Gasteiger partial charge in [0, 0.05) is 32.0 Å². The minimum Gasteiger partial charge on any atom is -0.427 e. The summed E-state index contributed by atoms with van der Waals surface area (Å²) in [6, 6.07) is 3.96. The summed E-state index contributed by atoms with van der Waals surface area (Å²) in [7, 11) is 0. The summed E-state index contributed by atoms with van der Waals surface area (Å²) in [4.78, 5) is 36.7. The van der Waals surface area contributed by atoms with Gasteiger partial charge in [0.2, 0.25) is 0 Å². The van der Waals surface area contributed by atoms with Gasteiger partial charge in [0.15, 0.2) is 0 Å². The maximum absolute atomic E-state index is 12.8. The predicted molar refractivity (Wildman–Crippen MR) is 84.8 cm³/mol. The predicted octanol–water partition coefficient (Wildman–Crippen LogP) is 1.52. The first-order chi connectivity index (χ1) is 11.3. The zero-order valence-corrected chi connectivity index (χ0v) is 13.9. The van der Waals surface area contributed by atoms with E-state index < -0.39 is 18.0 Å². The first kappa shape index (κ1) is 17.9. The molecule has 7 heteroatoms. The van der Waals surface area contributed by atoms with Crippen molar-refractivity contribution >= 4 is 17.8 Å². The lowest BCUT2D eigenvalue weighted by molar-refractivity contribution is -0.132. The van der Waals surface area contributed by atoms with E-state index in [0.717, 1.165) is 12.8 Å². The van der Waals surface area contributed by atoms with Crippen LogP contribution in [0.5, 0.6) is 11.5 Å². The molecular formula is C17H21NO6. The normalized spacial score (nSPS) is 18.2. The van der Waals surface area contributed by atoms with E-state index in [2.05, 4.69) is 0 Å². The van der Waals surface area contributed by atoms with Gasteiger partial charge in [-0.2, -0.15) is 0 Å². The van der Waals surface area contributed by atoms with Crippen molar-refractivity contribution < 1.29 is 29.0 Å². The summed E-state index contributed by atoms with van der Waals surface area (Å²) >= 11 is 0. The van der Waals surface area contributed by atoms with Gasteiger partial charge in [-0.3, -0.25) is 14.4 Å². The van der Waals surface area contributed by atoms with Crippen LogP contribution < -0.4 is 9.47 Å². The first-order valence-corrected chi connectivity index (χ1v) is 7.79. The van der Waals surface area contributed by atoms with Gasteiger partial charge < -0.3 is 19.5 Å². The number of hydrogen-bond donors (Lipinski definition) is 1. The maximum atomic E-state index is 12.8. The third kappa shape index (κ3) is 4.32. The third-order valence-corrected chi connectivity index (χ3v) is 3.77. The molecule has 1 amide bonds. The van der Waals surface area contributed by atoms with Crippen LogP contribution in [0.25, 0.3) is 0 Å². The highest BCUT2D eigenvalue weighted by Gasteiger charge is 2.32. The number of rotatable bonds is 4. The standard InChI is InChI=1S/C17H21NO6/c1-10(19)16-5-4-6-18(16)17(22)13-7-14(23-11(2)20)9-15(8-13)24-12(3)21/h7-10,16,19H,4-6H2,1-3H3. The van der Waals surface area contributed by atoms with Crippen molar-refractivity contribution in [2.75, 3.05) is 6.54 Å². The molecule has 0 aromatic heterocycles. The van der Waals surface area contributed by atoms with Gasteiger partial charge in [0.25, 0.3) is 5.91 Å². The number of benzene rings is 1. The van der Waals surface area contributed by atoms with Crippen LogP contribution in [0.1, 0.15) is 44.0 Å². The Hall–Kier alpha value is -2.41. The summed E-state index contributed by atoms with van der Waals surface area (Å²) in [5.74, 6) is -1.15. The minimum atomic E-state index is -0.638. The highest BCUT2D eigenvalue weighted by molar-refractivity contribution is 5.96. The summed E-state index contributed by atoms with van der Waals surface area (Å²) < 4.78 is 10.0. The molecule has 1 fully saturated rings. The number of carbonyl (C=O) groups is 3. The van der Waals surface area contributed by atoms with Crippen molar-refractivity contribution in [1.82, 2.24) is 4.90 Å². The van der Waals surface area contributed by atoms with E-state index in [-0.39, 0.29) is 29.0 Å². The molecule has 2 atom stereocenters. The van der Waals surface area contributed by atoms with Gasteiger partial charge in [0.05, 0.1) is 12.1 Å². The van der Waals surface area contributed by atoms with Crippen molar-refractivity contribution in [1.29, 1.82) is 0 Å². The van der Waals surface area contributed by atoms with Crippen molar-refractivity contribution in [2.24, 2.45) is 0 Å².